The maximum absolute atomic E-state index is 10.8. The smallest absolute Gasteiger partial charge is 0.317 e. The lowest BCUT2D eigenvalue weighted by Gasteiger charge is -2.15. The predicted octanol–water partition coefficient (Wildman–Crippen LogP) is -0.606. The minimum Gasteiger partial charge on any atom is -0.480 e. The van der Waals surface area contributed by atoms with E-state index in [9.17, 15) is 9.59 Å². The van der Waals surface area contributed by atoms with Gasteiger partial charge in [-0.1, -0.05) is 12.1 Å². The zero-order chi connectivity index (χ0) is 13.5. The van der Waals surface area contributed by atoms with Crippen molar-refractivity contribution in [3.63, 3.8) is 0 Å². The molecule has 3 N–H and O–H groups in total. The first-order valence-electron chi connectivity index (χ1n) is 5.55. The number of carbonyl (C=O) groups excluding carboxylic acids is 1. The average Bonchev–Trinajstić information content (AvgIpc) is 2.64. The zero-order valence-corrected chi connectivity index (χ0v) is 10.1. The summed E-state index contributed by atoms with van der Waals surface area (Å²) in [7, 11) is 0. The van der Waals surface area contributed by atoms with E-state index in [0.717, 1.165) is 6.42 Å². The number of hydrogen-bond donors (Lipinski definition) is 2. The Morgan fingerprint density at radius 3 is 2.72 bits per heavy atom. The Bertz CT molecular complexity index is 402. The standard InChI is InChI=1S/C10H16N4O4/c1-2-3-8-12-9(18-13-8)5-14(4-7(11)15)6-10(16)17/h2-6H2,1H3,(H2,11,15)(H,16,17). The lowest BCUT2D eigenvalue weighted by molar-refractivity contribution is -0.138. The Morgan fingerprint density at radius 1 is 1.44 bits per heavy atom. The topological polar surface area (TPSA) is 123 Å². The molecular formula is C10H16N4O4. The second-order valence-electron chi connectivity index (χ2n) is 3.86. The van der Waals surface area contributed by atoms with Gasteiger partial charge >= 0.3 is 5.97 Å². The van der Waals surface area contributed by atoms with Crippen molar-refractivity contribution < 1.29 is 19.2 Å². The molecule has 0 unspecified atom stereocenters. The summed E-state index contributed by atoms with van der Waals surface area (Å²) in [6, 6.07) is 0. The van der Waals surface area contributed by atoms with Gasteiger partial charge in [-0.05, 0) is 6.42 Å². The molecule has 100 valence electrons. The maximum atomic E-state index is 10.8. The Labute approximate surface area is 104 Å². The number of aromatic nitrogens is 2. The minimum atomic E-state index is -1.05. The van der Waals surface area contributed by atoms with Gasteiger partial charge < -0.3 is 15.4 Å². The molecule has 1 amide bonds. The third-order valence-electron chi connectivity index (χ3n) is 2.08. The lowest BCUT2D eigenvalue weighted by Crippen LogP contribution is -2.36. The number of rotatable bonds is 8. The van der Waals surface area contributed by atoms with Gasteiger partial charge in [-0.15, -0.1) is 0 Å². The summed E-state index contributed by atoms with van der Waals surface area (Å²) in [6.45, 7) is 1.60. The third-order valence-corrected chi connectivity index (χ3v) is 2.08. The van der Waals surface area contributed by atoms with Crippen LogP contribution in [-0.2, 0) is 22.6 Å². The van der Waals surface area contributed by atoms with E-state index in [-0.39, 0.29) is 25.5 Å². The van der Waals surface area contributed by atoms with Gasteiger partial charge in [-0.25, -0.2) is 0 Å². The van der Waals surface area contributed by atoms with E-state index in [4.69, 9.17) is 15.4 Å². The summed E-state index contributed by atoms with van der Waals surface area (Å²) >= 11 is 0. The normalized spacial score (nSPS) is 10.8. The van der Waals surface area contributed by atoms with Crippen LogP contribution in [0.1, 0.15) is 25.1 Å². The molecule has 18 heavy (non-hydrogen) atoms. The summed E-state index contributed by atoms with van der Waals surface area (Å²) in [5, 5.41) is 12.4. The van der Waals surface area contributed by atoms with Crippen LogP contribution in [0.2, 0.25) is 0 Å². The van der Waals surface area contributed by atoms with E-state index in [2.05, 4.69) is 10.1 Å². The molecule has 1 aromatic rings. The van der Waals surface area contributed by atoms with Crippen molar-refractivity contribution in [3.05, 3.63) is 11.7 Å². The van der Waals surface area contributed by atoms with Gasteiger partial charge in [0.25, 0.3) is 0 Å². The van der Waals surface area contributed by atoms with Gasteiger partial charge in [0.2, 0.25) is 11.8 Å². The number of hydrogen-bond acceptors (Lipinski definition) is 6. The van der Waals surface area contributed by atoms with Crippen molar-refractivity contribution in [2.45, 2.75) is 26.3 Å². The minimum absolute atomic E-state index is 0.0892. The van der Waals surface area contributed by atoms with E-state index in [1.807, 2.05) is 6.92 Å². The maximum Gasteiger partial charge on any atom is 0.317 e. The van der Waals surface area contributed by atoms with E-state index in [1.165, 1.54) is 4.90 Å². The monoisotopic (exact) mass is 256 g/mol. The Kier molecular flexibility index (Phi) is 5.25. The van der Waals surface area contributed by atoms with Gasteiger partial charge in [0.05, 0.1) is 19.6 Å². The van der Waals surface area contributed by atoms with Crippen molar-refractivity contribution in [2.24, 2.45) is 5.73 Å². The molecule has 0 aliphatic heterocycles. The van der Waals surface area contributed by atoms with E-state index in [1.54, 1.807) is 0 Å². The molecule has 0 aliphatic carbocycles. The number of aliphatic carboxylic acids is 1. The SMILES string of the molecule is CCCc1noc(CN(CC(N)=O)CC(=O)O)n1. The molecule has 0 fully saturated rings. The third kappa shape index (κ3) is 4.91. The van der Waals surface area contributed by atoms with Crippen LogP contribution in [0.15, 0.2) is 4.52 Å². The van der Waals surface area contributed by atoms with E-state index < -0.39 is 11.9 Å². The Morgan fingerprint density at radius 2 is 2.17 bits per heavy atom. The highest BCUT2D eigenvalue weighted by Gasteiger charge is 2.16. The van der Waals surface area contributed by atoms with Crippen LogP contribution in [0.25, 0.3) is 0 Å². The molecule has 0 aliphatic rings. The lowest BCUT2D eigenvalue weighted by atomic mass is 10.3. The summed E-state index contributed by atoms with van der Waals surface area (Å²) in [5.74, 6) is -0.808. The van der Waals surface area contributed by atoms with Gasteiger partial charge in [0, 0.05) is 6.42 Å². The zero-order valence-electron chi connectivity index (χ0n) is 10.1. The first-order valence-corrected chi connectivity index (χ1v) is 5.55. The van der Waals surface area contributed by atoms with Crippen LogP contribution >= 0.6 is 0 Å². The van der Waals surface area contributed by atoms with Crippen molar-refractivity contribution in [1.82, 2.24) is 15.0 Å². The number of primary amides is 1. The van der Waals surface area contributed by atoms with Crippen LogP contribution in [0.5, 0.6) is 0 Å². The Hall–Kier alpha value is -1.96. The van der Waals surface area contributed by atoms with E-state index >= 15 is 0 Å². The molecule has 8 heteroatoms. The van der Waals surface area contributed by atoms with Gasteiger partial charge in [0.1, 0.15) is 0 Å². The van der Waals surface area contributed by atoms with E-state index in [0.29, 0.717) is 12.2 Å². The number of carboxylic acids is 1. The van der Waals surface area contributed by atoms with Crippen LogP contribution in [0.3, 0.4) is 0 Å². The number of aryl methyl sites for hydroxylation is 1. The molecule has 0 radical (unpaired) electrons. The molecule has 0 atom stereocenters. The first kappa shape index (κ1) is 14.1. The van der Waals surface area contributed by atoms with Gasteiger partial charge in [-0.3, -0.25) is 14.5 Å². The number of nitrogens with two attached hydrogens (primary N) is 1. The van der Waals surface area contributed by atoms with Gasteiger partial charge in [0.15, 0.2) is 5.82 Å². The summed E-state index contributed by atoms with van der Waals surface area (Å²) in [5.41, 5.74) is 5.04. The van der Waals surface area contributed by atoms with Crippen molar-refractivity contribution in [3.8, 4) is 0 Å². The van der Waals surface area contributed by atoms with Gasteiger partial charge in [-0.2, -0.15) is 4.98 Å². The molecule has 0 saturated heterocycles. The molecule has 1 aromatic heterocycles. The molecule has 0 saturated carbocycles. The summed E-state index contributed by atoms with van der Waals surface area (Å²) < 4.78 is 4.96. The molecule has 1 rings (SSSR count). The predicted molar refractivity (Wildman–Crippen MR) is 60.4 cm³/mol. The van der Waals surface area contributed by atoms with Crippen LogP contribution in [0.4, 0.5) is 0 Å². The molecular weight excluding hydrogens is 240 g/mol. The number of carbonyl (C=O) groups is 2. The highest BCUT2D eigenvalue weighted by molar-refractivity contribution is 5.77. The highest BCUT2D eigenvalue weighted by atomic mass is 16.5. The number of nitrogens with zero attached hydrogens (tertiary/aromatic N) is 3. The summed E-state index contributed by atoms with van der Waals surface area (Å²) in [6.07, 6.45) is 1.58. The second kappa shape index (κ2) is 6.70. The first-order chi connectivity index (χ1) is 8.51. The summed E-state index contributed by atoms with van der Waals surface area (Å²) in [4.78, 5) is 26.9. The van der Waals surface area contributed by atoms with Crippen LogP contribution in [-0.4, -0.2) is 45.1 Å². The van der Waals surface area contributed by atoms with Crippen LogP contribution in [0, 0.1) is 0 Å². The fourth-order valence-corrected chi connectivity index (χ4v) is 1.45. The van der Waals surface area contributed by atoms with Crippen molar-refractivity contribution >= 4 is 11.9 Å². The fraction of sp³-hybridized carbons (Fsp3) is 0.600. The fourth-order valence-electron chi connectivity index (χ4n) is 1.45. The quantitative estimate of drug-likeness (QED) is 0.636. The highest BCUT2D eigenvalue weighted by Crippen LogP contribution is 2.04. The van der Waals surface area contributed by atoms with Crippen molar-refractivity contribution in [1.29, 1.82) is 0 Å². The van der Waals surface area contributed by atoms with Crippen molar-refractivity contribution in [2.75, 3.05) is 13.1 Å². The second-order valence-corrected chi connectivity index (χ2v) is 3.86. The molecule has 0 spiro atoms. The molecule has 0 bridgehead atoms. The molecule has 8 nitrogen and oxygen atoms in total. The molecule has 0 aromatic carbocycles. The number of amides is 1. The average molecular weight is 256 g/mol. The number of carboxylic acid groups (broad SMARTS) is 1. The molecule has 1 heterocycles. The Balaban J connectivity index is 2.62. The largest absolute Gasteiger partial charge is 0.480 e. The van der Waals surface area contributed by atoms with Crippen LogP contribution < -0.4 is 5.73 Å².